The van der Waals surface area contributed by atoms with Crippen LogP contribution in [0.4, 0.5) is 0 Å². The van der Waals surface area contributed by atoms with E-state index in [-0.39, 0.29) is 0 Å². The van der Waals surface area contributed by atoms with E-state index in [4.69, 9.17) is 4.74 Å². The van der Waals surface area contributed by atoms with Gasteiger partial charge in [0.2, 0.25) is 0 Å². The number of piperazine rings is 1. The minimum atomic E-state index is 0.523. The summed E-state index contributed by atoms with van der Waals surface area (Å²) in [6, 6.07) is 1.83. The minimum absolute atomic E-state index is 0.523. The number of hydrogen-bond acceptors (Lipinski definition) is 3. The van der Waals surface area contributed by atoms with E-state index in [2.05, 4.69) is 37.9 Å². The normalized spacial score (nSPS) is 30.2. The van der Waals surface area contributed by atoms with Gasteiger partial charge in [-0.2, -0.15) is 0 Å². The van der Waals surface area contributed by atoms with E-state index < -0.39 is 0 Å². The lowest BCUT2D eigenvalue weighted by atomic mass is 9.93. The van der Waals surface area contributed by atoms with Crippen molar-refractivity contribution in [3.05, 3.63) is 0 Å². The van der Waals surface area contributed by atoms with Gasteiger partial charge in [-0.15, -0.1) is 0 Å². The summed E-state index contributed by atoms with van der Waals surface area (Å²) in [7, 11) is 1.80. The van der Waals surface area contributed by atoms with Crippen molar-refractivity contribution >= 4 is 0 Å². The standard InChI is InChI=1S/C14H30N2O/c1-6-11(3)14-8-15-13(7-2)9-16(14)12(4)10-17-5/h11-15H,6-10H2,1-5H3. The van der Waals surface area contributed by atoms with Crippen molar-refractivity contribution in [2.24, 2.45) is 5.92 Å². The first-order valence-electron chi connectivity index (χ1n) is 7.12. The molecule has 0 aromatic rings. The molecule has 1 heterocycles. The van der Waals surface area contributed by atoms with Crippen molar-refractivity contribution in [2.75, 3.05) is 26.8 Å². The van der Waals surface area contributed by atoms with Gasteiger partial charge in [-0.05, 0) is 19.3 Å². The first kappa shape index (κ1) is 14.9. The van der Waals surface area contributed by atoms with Crippen LogP contribution in [0.2, 0.25) is 0 Å². The van der Waals surface area contributed by atoms with E-state index >= 15 is 0 Å². The average molecular weight is 242 g/mol. The summed E-state index contributed by atoms with van der Waals surface area (Å²) in [5, 5.41) is 3.68. The summed E-state index contributed by atoms with van der Waals surface area (Å²) >= 11 is 0. The smallest absolute Gasteiger partial charge is 0.0615 e. The third kappa shape index (κ3) is 3.94. The minimum Gasteiger partial charge on any atom is -0.383 e. The molecule has 1 N–H and O–H groups in total. The Morgan fingerprint density at radius 3 is 2.59 bits per heavy atom. The van der Waals surface area contributed by atoms with Crippen LogP contribution >= 0.6 is 0 Å². The van der Waals surface area contributed by atoms with Crippen molar-refractivity contribution in [3.8, 4) is 0 Å². The summed E-state index contributed by atoms with van der Waals surface area (Å²) in [4.78, 5) is 2.66. The zero-order valence-electron chi connectivity index (χ0n) is 12.2. The molecule has 17 heavy (non-hydrogen) atoms. The van der Waals surface area contributed by atoms with E-state index in [9.17, 15) is 0 Å². The van der Waals surface area contributed by atoms with Gasteiger partial charge in [-0.25, -0.2) is 0 Å². The monoisotopic (exact) mass is 242 g/mol. The first-order valence-corrected chi connectivity index (χ1v) is 7.12. The molecule has 3 nitrogen and oxygen atoms in total. The highest BCUT2D eigenvalue weighted by atomic mass is 16.5. The summed E-state index contributed by atoms with van der Waals surface area (Å²) in [6.07, 6.45) is 2.46. The van der Waals surface area contributed by atoms with E-state index in [0.717, 1.165) is 25.6 Å². The molecule has 0 aromatic carbocycles. The maximum Gasteiger partial charge on any atom is 0.0615 e. The summed E-state index contributed by atoms with van der Waals surface area (Å²) in [5.41, 5.74) is 0. The Morgan fingerprint density at radius 1 is 1.35 bits per heavy atom. The largest absolute Gasteiger partial charge is 0.383 e. The Kier molecular flexibility index (Phi) is 6.45. The van der Waals surface area contributed by atoms with Gasteiger partial charge in [0.1, 0.15) is 0 Å². The molecule has 0 radical (unpaired) electrons. The van der Waals surface area contributed by atoms with E-state index in [1.165, 1.54) is 12.8 Å². The van der Waals surface area contributed by atoms with Crippen LogP contribution < -0.4 is 5.32 Å². The van der Waals surface area contributed by atoms with E-state index in [1.807, 2.05) is 0 Å². The highest BCUT2D eigenvalue weighted by Gasteiger charge is 2.32. The van der Waals surface area contributed by atoms with Crippen LogP contribution in [0.3, 0.4) is 0 Å². The number of hydrogen-bond donors (Lipinski definition) is 1. The Balaban J connectivity index is 2.67. The first-order chi connectivity index (χ1) is 8.13. The lowest BCUT2D eigenvalue weighted by molar-refractivity contribution is 0.0200. The summed E-state index contributed by atoms with van der Waals surface area (Å²) < 4.78 is 5.33. The highest BCUT2D eigenvalue weighted by molar-refractivity contribution is 4.90. The molecule has 0 spiro atoms. The number of nitrogens with one attached hydrogen (secondary N) is 1. The Labute approximate surface area is 107 Å². The van der Waals surface area contributed by atoms with Crippen LogP contribution in [-0.4, -0.2) is 49.8 Å². The molecule has 1 aliphatic heterocycles. The molecule has 4 atom stereocenters. The predicted molar refractivity (Wildman–Crippen MR) is 73.4 cm³/mol. The molecule has 102 valence electrons. The van der Waals surface area contributed by atoms with Gasteiger partial charge in [-0.3, -0.25) is 4.90 Å². The molecule has 3 heteroatoms. The highest BCUT2D eigenvalue weighted by Crippen LogP contribution is 2.21. The molecule has 1 rings (SSSR count). The van der Waals surface area contributed by atoms with Gasteiger partial charge in [0.05, 0.1) is 6.61 Å². The molecule has 0 aromatic heterocycles. The van der Waals surface area contributed by atoms with Gasteiger partial charge in [0, 0.05) is 38.3 Å². The maximum atomic E-state index is 5.33. The van der Waals surface area contributed by atoms with Crippen LogP contribution in [0, 0.1) is 5.92 Å². The molecular formula is C14H30N2O. The van der Waals surface area contributed by atoms with Crippen molar-refractivity contribution < 1.29 is 4.74 Å². The summed E-state index contributed by atoms with van der Waals surface area (Å²) in [6.45, 7) is 12.3. The fourth-order valence-electron chi connectivity index (χ4n) is 2.78. The fraction of sp³-hybridized carbons (Fsp3) is 1.00. The summed E-state index contributed by atoms with van der Waals surface area (Å²) in [5.74, 6) is 0.750. The van der Waals surface area contributed by atoms with Gasteiger partial charge in [0.25, 0.3) is 0 Å². The topological polar surface area (TPSA) is 24.5 Å². The maximum absolute atomic E-state index is 5.33. The molecule has 0 saturated carbocycles. The zero-order chi connectivity index (χ0) is 12.8. The molecular weight excluding hydrogens is 212 g/mol. The second-order valence-corrected chi connectivity index (χ2v) is 5.47. The fourth-order valence-corrected chi connectivity index (χ4v) is 2.78. The quantitative estimate of drug-likeness (QED) is 0.772. The lowest BCUT2D eigenvalue weighted by Gasteiger charge is -2.45. The Morgan fingerprint density at radius 2 is 2.06 bits per heavy atom. The van der Waals surface area contributed by atoms with Crippen LogP contribution in [0.15, 0.2) is 0 Å². The zero-order valence-corrected chi connectivity index (χ0v) is 12.2. The molecule has 1 aliphatic rings. The number of nitrogens with zero attached hydrogens (tertiary/aromatic N) is 1. The number of rotatable bonds is 6. The number of methoxy groups -OCH3 is 1. The van der Waals surface area contributed by atoms with Crippen molar-refractivity contribution in [1.82, 2.24) is 10.2 Å². The van der Waals surface area contributed by atoms with Crippen molar-refractivity contribution in [3.63, 3.8) is 0 Å². The van der Waals surface area contributed by atoms with Gasteiger partial charge in [0.15, 0.2) is 0 Å². The third-order valence-electron chi connectivity index (χ3n) is 4.24. The average Bonchev–Trinajstić information content (AvgIpc) is 2.37. The van der Waals surface area contributed by atoms with E-state index in [1.54, 1.807) is 7.11 Å². The van der Waals surface area contributed by atoms with Crippen LogP contribution in [0.5, 0.6) is 0 Å². The Bertz CT molecular complexity index is 210. The second-order valence-electron chi connectivity index (χ2n) is 5.47. The van der Waals surface area contributed by atoms with Crippen LogP contribution in [0.1, 0.15) is 40.5 Å². The predicted octanol–water partition coefficient (Wildman–Crippen LogP) is 2.12. The molecule has 4 unspecified atom stereocenters. The molecule has 1 saturated heterocycles. The lowest BCUT2D eigenvalue weighted by Crippen LogP contribution is -2.61. The van der Waals surface area contributed by atoms with Crippen molar-refractivity contribution in [1.29, 1.82) is 0 Å². The van der Waals surface area contributed by atoms with Gasteiger partial charge in [-0.1, -0.05) is 27.2 Å². The van der Waals surface area contributed by atoms with Crippen LogP contribution in [-0.2, 0) is 4.74 Å². The van der Waals surface area contributed by atoms with Crippen LogP contribution in [0.25, 0.3) is 0 Å². The van der Waals surface area contributed by atoms with E-state index in [0.29, 0.717) is 18.1 Å². The molecule has 0 amide bonds. The van der Waals surface area contributed by atoms with Gasteiger partial charge < -0.3 is 10.1 Å². The Hall–Kier alpha value is -0.120. The van der Waals surface area contributed by atoms with Crippen molar-refractivity contribution in [2.45, 2.75) is 58.7 Å². The number of ether oxygens (including phenoxy) is 1. The van der Waals surface area contributed by atoms with Gasteiger partial charge >= 0.3 is 0 Å². The molecule has 0 aliphatic carbocycles. The molecule has 1 fully saturated rings. The SMILES string of the molecule is CCC1CN(C(C)COC)C(C(C)CC)CN1. The second kappa shape index (κ2) is 7.34. The molecule has 0 bridgehead atoms. The third-order valence-corrected chi connectivity index (χ3v) is 4.24.